The minimum Gasteiger partial charge on any atom is -0.462 e. The Morgan fingerprint density at radius 1 is 1.24 bits per heavy atom. The molecule has 0 spiro atoms. The van der Waals surface area contributed by atoms with E-state index in [9.17, 15) is 4.79 Å². The zero-order valence-corrected chi connectivity index (χ0v) is 16.2. The number of anilines is 1. The molecular formula is C19H27N3O2S. The Balaban J connectivity index is 2.22. The van der Waals surface area contributed by atoms with Crippen LogP contribution in [0.4, 0.5) is 5.69 Å². The predicted octanol–water partition coefficient (Wildman–Crippen LogP) is 3.28. The van der Waals surface area contributed by atoms with Crippen molar-refractivity contribution in [3.8, 4) is 0 Å². The second kappa shape index (κ2) is 8.85. The van der Waals surface area contributed by atoms with E-state index < -0.39 is 0 Å². The number of nitrogens with zero attached hydrogens (tertiary/aromatic N) is 1. The van der Waals surface area contributed by atoms with Gasteiger partial charge in [-0.3, -0.25) is 0 Å². The van der Waals surface area contributed by atoms with Crippen molar-refractivity contribution in [1.29, 1.82) is 0 Å². The summed E-state index contributed by atoms with van der Waals surface area (Å²) in [5, 5.41) is 6.74. The van der Waals surface area contributed by atoms with Crippen molar-refractivity contribution in [3.05, 3.63) is 41.1 Å². The molecule has 0 amide bonds. The lowest BCUT2D eigenvalue weighted by molar-refractivity contribution is -0.139. The highest BCUT2D eigenvalue weighted by Gasteiger charge is 2.30. The molecule has 0 unspecified atom stereocenters. The number of nitrogens with one attached hydrogen (secondary N) is 2. The molecule has 136 valence electrons. The van der Waals surface area contributed by atoms with Crippen molar-refractivity contribution >= 4 is 29.0 Å². The molecule has 1 aliphatic heterocycles. The maximum absolute atomic E-state index is 12.6. The molecule has 25 heavy (non-hydrogen) atoms. The van der Waals surface area contributed by atoms with Crippen LogP contribution in [0.2, 0.25) is 0 Å². The smallest absolute Gasteiger partial charge is 0.338 e. The minimum atomic E-state index is -0.302. The van der Waals surface area contributed by atoms with Crippen molar-refractivity contribution in [2.24, 2.45) is 0 Å². The molecule has 5 nitrogen and oxygen atoms in total. The number of unbranched alkanes of at least 4 members (excludes halogenated alkanes) is 2. The van der Waals surface area contributed by atoms with E-state index in [1.165, 1.54) is 0 Å². The lowest BCUT2D eigenvalue weighted by Crippen LogP contribution is -2.45. The van der Waals surface area contributed by atoms with Crippen LogP contribution in [0.3, 0.4) is 0 Å². The molecule has 0 aliphatic carbocycles. The third-order valence-electron chi connectivity index (χ3n) is 4.21. The van der Waals surface area contributed by atoms with Gasteiger partial charge in [-0.15, -0.1) is 0 Å². The molecule has 1 aromatic rings. The molecule has 0 fully saturated rings. The Hall–Kier alpha value is -2.08. The minimum absolute atomic E-state index is 0.294. The molecule has 1 atom stereocenters. The molecule has 2 rings (SSSR count). The zero-order chi connectivity index (χ0) is 18.4. The highest BCUT2D eigenvalue weighted by atomic mass is 32.1. The topological polar surface area (TPSA) is 53.6 Å². The van der Waals surface area contributed by atoms with Gasteiger partial charge in [0.1, 0.15) is 0 Å². The Morgan fingerprint density at radius 2 is 1.92 bits per heavy atom. The van der Waals surface area contributed by atoms with Crippen LogP contribution in [0, 0.1) is 0 Å². The van der Waals surface area contributed by atoms with Crippen LogP contribution in [-0.2, 0) is 9.53 Å². The number of rotatable bonds is 7. The standard InChI is InChI=1S/C19H27N3O2S/c1-5-6-7-12-24-18(23)16-13(2)20-19(25)21-17(16)14-8-10-15(11-9-14)22(3)4/h8-11,17H,5-7,12H2,1-4H3,(H2,20,21,25)/t17-/m0/s1. The Bertz CT molecular complexity index is 653. The quantitative estimate of drug-likeness (QED) is 0.442. The lowest BCUT2D eigenvalue weighted by Gasteiger charge is -2.30. The van der Waals surface area contributed by atoms with E-state index in [0.29, 0.717) is 17.3 Å². The van der Waals surface area contributed by atoms with E-state index in [2.05, 4.69) is 17.6 Å². The van der Waals surface area contributed by atoms with Gasteiger partial charge in [0, 0.05) is 25.5 Å². The van der Waals surface area contributed by atoms with Crippen LogP contribution in [0.5, 0.6) is 0 Å². The first-order valence-corrected chi connectivity index (χ1v) is 9.07. The molecule has 0 saturated heterocycles. The van der Waals surface area contributed by atoms with Crippen LogP contribution in [0.15, 0.2) is 35.5 Å². The first-order chi connectivity index (χ1) is 11.9. The molecule has 1 aliphatic rings. The fourth-order valence-corrected chi connectivity index (χ4v) is 3.04. The predicted molar refractivity (Wildman–Crippen MR) is 106 cm³/mol. The van der Waals surface area contributed by atoms with Crippen molar-refractivity contribution in [3.63, 3.8) is 0 Å². The Morgan fingerprint density at radius 3 is 2.52 bits per heavy atom. The molecule has 1 heterocycles. The Kier molecular flexibility index (Phi) is 6.82. The number of allylic oxidation sites excluding steroid dienone is 1. The van der Waals surface area contributed by atoms with Gasteiger partial charge in [0.2, 0.25) is 0 Å². The fraction of sp³-hybridized carbons (Fsp3) is 0.474. The second-order valence-corrected chi connectivity index (χ2v) is 6.81. The van der Waals surface area contributed by atoms with Crippen LogP contribution in [0.25, 0.3) is 0 Å². The monoisotopic (exact) mass is 361 g/mol. The van der Waals surface area contributed by atoms with E-state index in [-0.39, 0.29) is 12.0 Å². The van der Waals surface area contributed by atoms with E-state index in [1.54, 1.807) is 0 Å². The number of benzene rings is 1. The molecule has 0 aromatic heterocycles. The largest absolute Gasteiger partial charge is 0.462 e. The normalized spacial score (nSPS) is 17.0. The maximum Gasteiger partial charge on any atom is 0.338 e. The van der Waals surface area contributed by atoms with Gasteiger partial charge in [-0.05, 0) is 43.3 Å². The highest BCUT2D eigenvalue weighted by Crippen LogP contribution is 2.29. The van der Waals surface area contributed by atoms with Gasteiger partial charge in [0.25, 0.3) is 0 Å². The van der Waals surface area contributed by atoms with Crippen molar-refractivity contribution in [2.45, 2.75) is 39.2 Å². The summed E-state index contributed by atoms with van der Waals surface area (Å²) in [6.07, 6.45) is 3.04. The van der Waals surface area contributed by atoms with Crippen LogP contribution in [-0.4, -0.2) is 31.8 Å². The van der Waals surface area contributed by atoms with E-state index in [1.807, 2.05) is 50.2 Å². The zero-order valence-electron chi connectivity index (χ0n) is 15.4. The number of hydrogen-bond donors (Lipinski definition) is 2. The van der Waals surface area contributed by atoms with Gasteiger partial charge in [-0.25, -0.2) is 4.79 Å². The maximum atomic E-state index is 12.6. The van der Waals surface area contributed by atoms with Crippen molar-refractivity contribution in [1.82, 2.24) is 10.6 Å². The summed E-state index contributed by atoms with van der Waals surface area (Å²) >= 11 is 5.27. The first-order valence-electron chi connectivity index (χ1n) is 8.66. The van der Waals surface area contributed by atoms with Gasteiger partial charge < -0.3 is 20.3 Å². The van der Waals surface area contributed by atoms with Crippen LogP contribution in [0.1, 0.15) is 44.7 Å². The number of thiocarbonyl (C=S) groups is 1. The molecule has 6 heteroatoms. The average Bonchev–Trinajstić information content (AvgIpc) is 2.58. The highest BCUT2D eigenvalue weighted by molar-refractivity contribution is 7.80. The van der Waals surface area contributed by atoms with E-state index in [4.69, 9.17) is 17.0 Å². The summed E-state index contributed by atoms with van der Waals surface area (Å²) in [7, 11) is 3.99. The average molecular weight is 362 g/mol. The molecule has 0 saturated carbocycles. The summed E-state index contributed by atoms with van der Waals surface area (Å²) in [4.78, 5) is 14.7. The fourth-order valence-electron chi connectivity index (χ4n) is 2.77. The third-order valence-corrected chi connectivity index (χ3v) is 4.43. The molecule has 0 radical (unpaired) electrons. The van der Waals surface area contributed by atoms with Gasteiger partial charge >= 0.3 is 5.97 Å². The summed E-state index contributed by atoms with van der Waals surface area (Å²) in [5.41, 5.74) is 3.41. The summed E-state index contributed by atoms with van der Waals surface area (Å²) < 4.78 is 5.47. The molecule has 2 N–H and O–H groups in total. The van der Waals surface area contributed by atoms with Crippen molar-refractivity contribution in [2.75, 3.05) is 25.6 Å². The number of hydrogen-bond acceptors (Lipinski definition) is 4. The Labute approximate surface area is 155 Å². The van der Waals surface area contributed by atoms with Gasteiger partial charge in [0.05, 0.1) is 18.2 Å². The van der Waals surface area contributed by atoms with Gasteiger partial charge in [-0.1, -0.05) is 31.9 Å². The number of carbonyl (C=O) groups is 1. The summed E-state index contributed by atoms with van der Waals surface area (Å²) in [6.45, 7) is 4.43. The van der Waals surface area contributed by atoms with Crippen LogP contribution < -0.4 is 15.5 Å². The van der Waals surface area contributed by atoms with Crippen LogP contribution >= 0.6 is 12.2 Å². The molecule has 0 bridgehead atoms. The van der Waals surface area contributed by atoms with E-state index >= 15 is 0 Å². The number of esters is 1. The SMILES string of the molecule is CCCCCOC(=O)C1=C(C)NC(=S)N[C@H]1c1ccc(N(C)C)cc1. The van der Waals surface area contributed by atoms with Gasteiger partial charge in [-0.2, -0.15) is 0 Å². The lowest BCUT2D eigenvalue weighted by atomic mass is 9.95. The van der Waals surface area contributed by atoms with Gasteiger partial charge in [0.15, 0.2) is 5.11 Å². The number of ether oxygens (including phenoxy) is 1. The van der Waals surface area contributed by atoms with E-state index in [0.717, 1.165) is 36.2 Å². The molecular weight excluding hydrogens is 334 g/mol. The van der Waals surface area contributed by atoms with Crippen molar-refractivity contribution < 1.29 is 9.53 Å². The molecule has 1 aromatic carbocycles. The summed E-state index contributed by atoms with van der Waals surface area (Å²) in [5.74, 6) is -0.294. The number of carbonyl (C=O) groups excluding carboxylic acids is 1. The first kappa shape index (κ1) is 19.2. The third kappa shape index (κ3) is 4.95. The second-order valence-electron chi connectivity index (χ2n) is 6.40. The summed E-state index contributed by atoms with van der Waals surface area (Å²) in [6, 6.07) is 7.78.